The van der Waals surface area contributed by atoms with Crippen molar-refractivity contribution in [2.75, 3.05) is 5.73 Å². The molecule has 4 rings (SSSR count). The molecule has 0 bridgehead atoms. The maximum absolute atomic E-state index is 6.15. The predicted octanol–water partition coefficient (Wildman–Crippen LogP) is 4.02. The molecule has 0 aliphatic rings. The number of alkyl halides is 1. The van der Waals surface area contributed by atoms with Crippen molar-refractivity contribution in [2.24, 2.45) is 0 Å². The second-order valence-electron chi connectivity index (χ2n) is 6.01. The molecule has 122 valence electrons. The number of rotatable bonds is 4. The van der Waals surface area contributed by atoms with Gasteiger partial charge in [0.25, 0.3) is 0 Å². The largest absolute Gasteiger partial charge is 0.382 e. The fourth-order valence-electron chi connectivity index (χ4n) is 3.03. The van der Waals surface area contributed by atoms with Gasteiger partial charge in [-0.3, -0.25) is 4.40 Å². The van der Waals surface area contributed by atoms with E-state index in [0.29, 0.717) is 5.82 Å². The molecule has 0 spiro atoms. The van der Waals surface area contributed by atoms with Crippen molar-refractivity contribution >= 4 is 33.8 Å². The number of benzene rings is 1. The highest BCUT2D eigenvalue weighted by Gasteiger charge is 2.16. The SMILES string of the molecule is CC(Cl)CCc1nc(-c2ccc3cc[nH]c3c2)c2c(N)nccn12. The average molecular weight is 340 g/mol. The Morgan fingerprint density at radius 3 is 3.04 bits per heavy atom. The van der Waals surface area contributed by atoms with Crippen LogP contribution in [-0.4, -0.2) is 24.7 Å². The van der Waals surface area contributed by atoms with E-state index in [9.17, 15) is 0 Å². The number of aromatic nitrogens is 4. The first-order valence-electron chi connectivity index (χ1n) is 7.96. The quantitative estimate of drug-likeness (QED) is 0.551. The average Bonchev–Trinajstić information content (AvgIpc) is 3.17. The molecular formula is C18H18ClN5. The topological polar surface area (TPSA) is 72.0 Å². The van der Waals surface area contributed by atoms with Gasteiger partial charge in [-0.2, -0.15) is 0 Å². The lowest BCUT2D eigenvalue weighted by atomic mass is 10.1. The Kier molecular flexibility index (Phi) is 3.65. The van der Waals surface area contributed by atoms with Crippen molar-refractivity contribution < 1.29 is 0 Å². The van der Waals surface area contributed by atoms with E-state index in [2.05, 4.69) is 28.2 Å². The smallest absolute Gasteiger partial charge is 0.150 e. The molecule has 3 N–H and O–H groups in total. The van der Waals surface area contributed by atoms with Crippen LogP contribution in [0.4, 0.5) is 5.82 Å². The lowest BCUT2D eigenvalue weighted by molar-refractivity contribution is 0.756. The molecule has 0 fully saturated rings. The molecule has 5 nitrogen and oxygen atoms in total. The molecule has 0 amide bonds. The number of nitrogens with two attached hydrogens (primary N) is 1. The van der Waals surface area contributed by atoms with Crippen molar-refractivity contribution in [1.82, 2.24) is 19.4 Å². The monoisotopic (exact) mass is 339 g/mol. The van der Waals surface area contributed by atoms with Gasteiger partial charge in [0.05, 0.1) is 0 Å². The van der Waals surface area contributed by atoms with Gasteiger partial charge in [0.1, 0.15) is 22.9 Å². The van der Waals surface area contributed by atoms with Crippen molar-refractivity contribution in [3.05, 3.63) is 48.7 Å². The van der Waals surface area contributed by atoms with Crippen LogP contribution in [0.25, 0.3) is 27.7 Å². The van der Waals surface area contributed by atoms with E-state index < -0.39 is 0 Å². The molecule has 1 atom stereocenters. The lowest BCUT2D eigenvalue weighted by Crippen LogP contribution is -2.01. The zero-order valence-corrected chi connectivity index (χ0v) is 14.1. The Balaban J connectivity index is 1.90. The highest BCUT2D eigenvalue weighted by molar-refractivity contribution is 6.20. The number of hydrogen-bond acceptors (Lipinski definition) is 3. The van der Waals surface area contributed by atoms with Gasteiger partial charge in [-0.1, -0.05) is 12.1 Å². The van der Waals surface area contributed by atoms with Gasteiger partial charge in [0.2, 0.25) is 0 Å². The summed E-state index contributed by atoms with van der Waals surface area (Å²) >= 11 is 6.11. The summed E-state index contributed by atoms with van der Waals surface area (Å²) in [5.74, 6) is 1.44. The zero-order valence-electron chi connectivity index (χ0n) is 13.3. The number of aromatic amines is 1. The fraction of sp³-hybridized carbons (Fsp3) is 0.222. The van der Waals surface area contributed by atoms with E-state index in [0.717, 1.165) is 41.0 Å². The molecule has 0 aliphatic heterocycles. The van der Waals surface area contributed by atoms with Crippen LogP contribution in [-0.2, 0) is 6.42 Å². The molecule has 1 unspecified atom stereocenters. The van der Waals surface area contributed by atoms with Crippen LogP contribution in [0.3, 0.4) is 0 Å². The Bertz CT molecular complexity index is 1010. The second-order valence-corrected chi connectivity index (χ2v) is 6.75. The van der Waals surface area contributed by atoms with E-state index in [4.69, 9.17) is 22.3 Å². The van der Waals surface area contributed by atoms with Gasteiger partial charge in [0.15, 0.2) is 0 Å². The number of nitrogens with zero attached hydrogens (tertiary/aromatic N) is 3. The van der Waals surface area contributed by atoms with Gasteiger partial charge in [-0.15, -0.1) is 11.6 Å². The van der Waals surface area contributed by atoms with Gasteiger partial charge >= 0.3 is 0 Å². The summed E-state index contributed by atoms with van der Waals surface area (Å²) in [6.07, 6.45) is 7.19. The number of imidazole rings is 1. The number of nitrogen functional groups attached to an aromatic ring is 1. The van der Waals surface area contributed by atoms with Crippen LogP contribution < -0.4 is 5.73 Å². The lowest BCUT2D eigenvalue weighted by Gasteiger charge is -2.03. The summed E-state index contributed by atoms with van der Waals surface area (Å²) in [5, 5.41) is 1.28. The molecule has 0 radical (unpaired) electrons. The van der Waals surface area contributed by atoms with Crippen LogP contribution in [0, 0.1) is 0 Å². The Hall–Kier alpha value is -2.53. The van der Waals surface area contributed by atoms with E-state index in [-0.39, 0.29) is 5.38 Å². The second kappa shape index (κ2) is 5.83. The highest BCUT2D eigenvalue weighted by Crippen LogP contribution is 2.30. The number of aryl methyl sites for hydroxylation is 1. The van der Waals surface area contributed by atoms with Crippen LogP contribution in [0.15, 0.2) is 42.9 Å². The zero-order chi connectivity index (χ0) is 16.7. The number of nitrogens with one attached hydrogen (secondary N) is 1. The highest BCUT2D eigenvalue weighted by atomic mass is 35.5. The fourth-order valence-corrected chi connectivity index (χ4v) is 3.14. The molecule has 0 aliphatic carbocycles. The molecule has 24 heavy (non-hydrogen) atoms. The number of fused-ring (bicyclic) bond motifs is 2. The minimum Gasteiger partial charge on any atom is -0.382 e. The Morgan fingerprint density at radius 1 is 1.33 bits per heavy atom. The number of H-pyrrole nitrogens is 1. The van der Waals surface area contributed by atoms with E-state index in [1.807, 2.05) is 29.8 Å². The Labute approximate surface area is 144 Å². The van der Waals surface area contributed by atoms with E-state index in [1.165, 1.54) is 5.39 Å². The summed E-state index contributed by atoms with van der Waals surface area (Å²) in [4.78, 5) is 12.3. The third-order valence-corrected chi connectivity index (χ3v) is 4.47. The van der Waals surface area contributed by atoms with Gasteiger partial charge in [-0.25, -0.2) is 9.97 Å². The summed E-state index contributed by atoms with van der Waals surface area (Å²) < 4.78 is 2.02. The summed E-state index contributed by atoms with van der Waals surface area (Å²) in [6, 6.07) is 8.30. The third-order valence-electron chi connectivity index (χ3n) is 4.25. The van der Waals surface area contributed by atoms with Crippen molar-refractivity contribution in [2.45, 2.75) is 25.1 Å². The number of anilines is 1. The molecule has 6 heteroatoms. The first kappa shape index (κ1) is 15.0. The third kappa shape index (κ3) is 2.51. The van der Waals surface area contributed by atoms with Crippen molar-refractivity contribution in [1.29, 1.82) is 0 Å². The number of halogens is 1. The van der Waals surface area contributed by atoms with E-state index >= 15 is 0 Å². The molecule has 1 aromatic carbocycles. The normalized spacial score (nSPS) is 12.9. The van der Waals surface area contributed by atoms with Crippen LogP contribution in [0.5, 0.6) is 0 Å². The van der Waals surface area contributed by atoms with Gasteiger partial charge in [-0.05, 0) is 30.9 Å². The first-order valence-corrected chi connectivity index (χ1v) is 8.40. The standard InChI is InChI=1S/C18H18ClN5/c1-11(19)2-5-15-23-16(17-18(20)22-8-9-24(15)17)13-4-3-12-6-7-21-14(12)10-13/h3-4,6-11,21H,2,5H2,1H3,(H2,20,22). The van der Waals surface area contributed by atoms with Gasteiger partial charge in [0, 0.05) is 41.5 Å². The molecular weight excluding hydrogens is 322 g/mol. The summed E-state index contributed by atoms with van der Waals surface area (Å²) in [5.41, 5.74) is 9.95. The minimum atomic E-state index is 0.107. The van der Waals surface area contributed by atoms with Crippen LogP contribution in [0.1, 0.15) is 19.2 Å². The minimum absolute atomic E-state index is 0.107. The van der Waals surface area contributed by atoms with E-state index in [1.54, 1.807) is 6.20 Å². The molecule has 0 saturated heterocycles. The first-order chi connectivity index (χ1) is 11.6. The van der Waals surface area contributed by atoms with Crippen LogP contribution in [0.2, 0.25) is 0 Å². The maximum Gasteiger partial charge on any atom is 0.150 e. The summed E-state index contributed by atoms with van der Waals surface area (Å²) in [7, 11) is 0. The van der Waals surface area contributed by atoms with Gasteiger partial charge < -0.3 is 10.7 Å². The van der Waals surface area contributed by atoms with Crippen LogP contribution >= 0.6 is 11.6 Å². The summed E-state index contributed by atoms with van der Waals surface area (Å²) in [6.45, 7) is 1.99. The molecule has 0 saturated carbocycles. The van der Waals surface area contributed by atoms with Crippen molar-refractivity contribution in [3.8, 4) is 11.3 Å². The molecule has 3 heterocycles. The molecule has 4 aromatic rings. The van der Waals surface area contributed by atoms with Crippen molar-refractivity contribution in [3.63, 3.8) is 0 Å². The maximum atomic E-state index is 6.15. The Morgan fingerprint density at radius 2 is 2.21 bits per heavy atom. The number of hydrogen-bond donors (Lipinski definition) is 2. The predicted molar refractivity (Wildman–Crippen MR) is 98.3 cm³/mol. The molecule has 3 aromatic heterocycles.